The third-order valence-electron chi connectivity index (χ3n) is 2.21. The van der Waals surface area contributed by atoms with Crippen LogP contribution in [0.15, 0.2) is 34.9 Å². The lowest BCUT2D eigenvalue weighted by Crippen LogP contribution is -2.12. The number of carbonyl (C=O) groups is 1. The zero-order valence-corrected chi connectivity index (χ0v) is 10.8. The highest BCUT2D eigenvalue weighted by Crippen LogP contribution is 2.12. The first-order valence-electron chi connectivity index (χ1n) is 5.08. The van der Waals surface area contributed by atoms with Gasteiger partial charge in [0.15, 0.2) is 5.82 Å². The fraction of sp³-hybridized carbons (Fsp3) is 0.167. The fourth-order valence-electron chi connectivity index (χ4n) is 1.41. The standard InChI is InChI=1S/C12H11BrN2O2/c1-8-5-11(15-17-8)14-12(16)10-4-2-3-9(6-10)7-13/h2-6H,7H2,1H3,(H,14,15,16). The van der Waals surface area contributed by atoms with Gasteiger partial charge in [-0.2, -0.15) is 0 Å². The van der Waals surface area contributed by atoms with Crippen molar-refractivity contribution in [1.82, 2.24) is 5.16 Å². The number of hydrogen-bond acceptors (Lipinski definition) is 3. The number of aromatic nitrogens is 1. The number of halogens is 1. The number of anilines is 1. The molecule has 0 saturated carbocycles. The van der Waals surface area contributed by atoms with E-state index in [0.29, 0.717) is 17.1 Å². The molecule has 0 bridgehead atoms. The van der Waals surface area contributed by atoms with Crippen molar-refractivity contribution in [3.8, 4) is 0 Å². The Bertz CT molecular complexity index is 537. The molecule has 0 radical (unpaired) electrons. The van der Waals surface area contributed by atoms with Crippen molar-refractivity contribution >= 4 is 27.7 Å². The van der Waals surface area contributed by atoms with E-state index in [-0.39, 0.29) is 5.91 Å². The number of hydrogen-bond donors (Lipinski definition) is 1. The van der Waals surface area contributed by atoms with Gasteiger partial charge in [-0.15, -0.1) is 0 Å². The lowest BCUT2D eigenvalue weighted by atomic mass is 10.1. The van der Waals surface area contributed by atoms with Gasteiger partial charge in [0.25, 0.3) is 5.91 Å². The molecule has 1 aromatic carbocycles. The molecule has 17 heavy (non-hydrogen) atoms. The predicted molar refractivity (Wildman–Crippen MR) is 68.3 cm³/mol. The van der Waals surface area contributed by atoms with E-state index in [0.717, 1.165) is 10.9 Å². The minimum absolute atomic E-state index is 0.193. The largest absolute Gasteiger partial charge is 0.360 e. The Labute approximate surface area is 107 Å². The molecule has 0 unspecified atom stereocenters. The number of rotatable bonds is 3. The molecule has 2 aromatic rings. The Morgan fingerprint density at radius 3 is 2.94 bits per heavy atom. The molecule has 4 nitrogen and oxygen atoms in total. The van der Waals surface area contributed by atoms with Gasteiger partial charge in [-0.1, -0.05) is 33.2 Å². The third kappa shape index (κ3) is 2.94. The summed E-state index contributed by atoms with van der Waals surface area (Å²) in [5.41, 5.74) is 1.65. The number of alkyl halides is 1. The van der Waals surface area contributed by atoms with Gasteiger partial charge >= 0.3 is 0 Å². The lowest BCUT2D eigenvalue weighted by Gasteiger charge is -2.02. The van der Waals surface area contributed by atoms with Gasteiger partial charge in [-0.05, 0) is 24.6 Å². The Balaban J connectivity index is 2.14. The topological polar surface area (TPSA) is 55.1 Å². The molecular weight excluding hydrogens is 284 g/mol. The van der Waals surface area contributed by atoms with Crippen molar-refractivity contribution in [3.05, 3.63) is 47.2 Å². The smallest absolute Gasteiger partial charge is 0.256 e. The average Bonchev–Trinajstić information content (AvgIpc) is 2.75. The molecule has 88 valence electrons. The Morgan fingerprint density at radius 1 is 1.47 bits per heavy atom. The maximum Gasteiger partial charge on any atom is 0.256 e. The highest BCUT2D eigenvalue weighted by atomic mass is 79.9. The molecule has 1 N–H and O–H groups in total. The number of aryl methyl sites for hydroxylation is 1. The molecular formula is C12H11BrN2O2. The second-order valence-electron chi connectivity index (χ2n) is 3.61. The van der Waals surface area contributed by atoms with Crippen LogP contribution in [0.5, 0.6) is 0 Å². The number of nitrogens with zero attached hydrogens (tertiary/aromatic N) is 1. The minimum atomic E-state index is -0.193. The minimum Gasteiger partial charge on any atom is -0.360 e. The summed E-state index contributed by atoms with van der Waals surface area (Å²) >= 11 is 3.35. The summed E-state index contributed by atoms with van der Waals surface area (Å²) in [5, 5.41) is 7.10. The summed E-state index contributed by atoms with van der Waals surface area (Å²) in [5.74, 6) is 0.896. The van der Waals surface area contributed by atoms with Crippen molar-refractivity contribution in [2.24, 2.45) is 0 Å². The van der Waals surface area contributed by atoms with E-state index in [1.807, 2.05) is 18.2 Å². The number of nitrogens with one attached hydrogen (secondary N) is 1. The second-order valence-corrected chi connectivity index (χ2v) is 4.17. The van der Waals surface area contributed by atoms with Gasteiger partial charge < -0.3 is 9.84 Å². The van der Waals surface area contributed by atoms with Crippen LogP contribution in [0.25, 0.3) is 0 Å². The van der Waals surface area contributed by atoms with E-state index in [1.54, 1.807) is 19.1 Å². The predicted octanol–water partition coefficient (Wildman–Crippen LogP) is 3.13. The van der Waals surface area contributed by atoms with Gasteiger partial charge in [0, 0.05) is 17.0 Å². The molecule has 0 aliphatic heterocycles. The van der Waals surface area contributed by atoms with E-state index >= 15 is 0 Å². The van der Waals surface area contributed by atoms with E-state index < -0.39 is 0 Å². The summed E-state index contributed by atoms with van der Waals surface area (Å²) in [6, 6.07) is 9.06. The molecule has 1 aromatic heterocycles. The maximum atomic E-state index is 11.9. The Morgan fingerprint density at radius 2 is 2.29 bits per heavy atom. The molecule has 2 rings (SSSR count). The van der Waals surface area contributed by atoms with Crippen LogP contribution in [0.4, 0.5) is 5.82 Å². The monoisotopic (exact) mass is 294 g/mol. The first-order valence-corrected chi connectivity index (χ1v) is 6.21. The molecule has 0 saturated heterocycles. The first kappa shape index (κ1) is 11.9. The third-order valence-corrected chi connectivity index (χ3v) is 2.86. The number of amides is 1. The summed E-state index contributed by atoms with van der Waals surface area (Å²) in [7, 11) is 0. The molecule has 0 aliphatic rings. The van der Waals surface area contributed by atoms with Gasteiger partial charge in [-0.3, -0.25) is 4.79 Å². The normalized spacial score (nSPS) is 10.2. The summed E-state index contributed by atoms with van der Waals surface area (Å²) in [6.45, 7) is 1.77. The number of benzene rings is 1. The zero-order valence-electron chi connectivity index (χ0n) is 9.24. The molecule has 0 aliphatic carbocycles. The SMILES string of the molecule is Cc1cc(NC(=O)c2cccc(CBr)c2)no1. The van der Waals surface area contributed by atoms with Crippen LogP contribution >= 0.6 is 15.9 Å². The zero-order chi connectivity index (χ0) is 12.3. The van der Waals surface area contributed by atoms with Crippen LogP contribution in [0.1, 0.15) is 21.7 Å². The Hall–Kier alpha value is -1.62. The van der Waals surface area contributed by atoms with E-state index in [2.05, 4.69) is 26.4 Å². The summed E-state index contributed by atoms with van der Waals surface area (Å²) in [6.07, 6.45) is 0. The number of carbonyl (C=O) groups excluding carboxylic acids is 1. The van der Waals surface area contributed by atoms with Crippen molar-refractivity contribution in [1.29, 1.82) is 0 Å². The van der Waals surface area contributed by atoms with Crippen LogP contribution in [-0.4, -0.2) is 11.1 Å². The first-order chi connectivity index (χ1) is 8.19. The van der Waals surface area contributed by atoms with Crippen molar-refractivity contribution in [2.75, 3.05) is 5.32 Å². The van der Waals surface area contributed by atoms with E-state index in [9.17, 15) is 4.79 Å². The van der Waals surface area contributed by atoms with Crippen LogP contribution < -0.4 is 5.32 Å². The van der Waals surface area contributed by atoms with Gasteiger partial charge in [0.2, 0.25) is 0 Å². The summed E-state index contributed by atoms with van der Waals surface area (Å²) in [4.78, 5) is 11.9. The van der Waals surface area contributed by atoms with Crippen LogP contribution in [-0.2, 0) is 5.33 Å². The molecule has 0 atom stereocenters. The molecule has 5 heteroatoms. The quantitative estimate of drug-likeness (QED) is 0.885. The van der Waals surface area contributed by atoms with Crippen LogP contribution in [0.2, 0.25) is 0 Å². The van der Waals surface area contributed by atoms with Crippen LogP contribution in [0, 0.1) is 6.92 Å². The fourth-order valence-corrected chi connectivity index (χ4v) is 1.76. The van der Waals surface area contributed by atoms with E-state index in [1.165, 1.54) is 0 Å². The molecule has 0 fully saturated rings. The van der Waals surface area contributed by atoms with Gasteiger partial charge in [0.1, 0.15) is 5.76 Å². The van der Waals surface area contributed by atoms with Crippen molar-refractivity contribution < 1.29 is 9.32 Å². The average molecular weight is 295 g/mol. The lowest BCUT2D eigenvalue weighted by molar-refractivity contribution is 0.102. The van der Waals surface area contributed by atoms with Crippen molar-refractivity contribution in [2.45, 2.75) is 12.3 Å². The van der Waals surface area contributed by atoms with Gasteiger partial charge in [0.05, 0.1) is 0 Å². The second kappa shape index (κ2) is 5.14. The molecule has 1 heterocycles. The van der Waals surface area contributed by atoms with Crippen LogP contribution in [0.3, 0.4) is 0 Å². The molecule has 0 spiro atoms. The highest BCUT2D eigenvalue weighted by molar-refractivity contribution is 9.08. The van der Waals surface area contributed by atoms with Gasteiger partial charge in [-0.25, -0.2) is 0 Å². The summed E-state index contributed by atoms with van der Waals surface area (Å²) < 4.78 is 4.87. The van der Waals surface area contributed by atoms with Crippen molar-refractivity contribution in [3.63, 3.8) is 0 Å². The molecule has 1 amide bonds. The Kier molecular flexibility index (Phi) is 3.58. The maximum absolute atomic E-state index is 11.9. The van der Waals surface area contributed by atoms with E-state index in [4.69, 9.17) is 4.52 Å². The highest BCUT2D eigenvalue weighted by Gasteiger charge is 2.08.